The molecule has 0 saturated heterocycles. The van der Waals surface area contributed by atoms with Crippen molar-refractivity contribution in [2.45, 2.75) is 70.8 Å². The predicted octanol–water partition coefficient (Wildman–Crippen LogP) is 0.126. The van der Waals surface area contributed by atoms with Gasteiger partial charge >= 0.3 is 5.69 Å². The van der Waals surface area contributed by atoms with Gasteiger partial charge < -0.3 is 25.0 Å². The van der Waals surface area contributed by atoms with Gasteiger partial charge in [-0.1, -0.05) is 27.2 Å². The zero-order valence-corrected chi connectivity index (χ0v) is 18.4. The van der Waals surface area contributed by atoms with Gasteiger partial charge in [0.25, 0.3) is 5.56 Å². The summed E-state index contributed by atoms with van der Waals surface area (Å²) in [6.45, 7) is 5.22. The van der Waals surface area contributed by atoms with E-state index in [2.05, 4.69) is 35.7 Å². The number of nitrogens with zero attached hydrogens (tertiary/aromatic N) is 3. The summed E-state index contributed by atoms with van der Waals surface area (Å²) in [5.74, 6) is 0.180. The molecule has 0 fully saturated rings. The molecule has 5 N–H and O–H groups in total. The van der Waals surface area contributed by atoms with Crippen molar-refractivity contribution in [3.63, 3.8) is 0 Å². The number of hydrogen-bond donors (Lipinski definition) is 5. The first-order chi connectivity index (χ1) is 15.2. The summed E-state index contributed by atoms with van der Waals surface area (Å²) in [4.78, 5) is 34.8. The molecule has 0 aliphatic carbocycles. The van der Waals surface area contributed by atoms with Crippen molar-refractivity contribution in [3.05, 3.63) is 44.1 Å². The third-order valence-electron chi connectivity index (χ3n) is 5.64. The molecule has 10 nitrogen and oxygen atoms in total. The second kappa shape index (κ2) is 9.86. The van der Waals surface area contributed by atoms with Crippen LogP contribution >= 0.6 is 0 Å². The van der Waals surface area contributed by atoms with Crippen LogP contribution in [0.5, 0.6) is 0 Å². The van der Waals surface area contributed by atoms with Gasteiger partial charge in [0.2, 0.25) is 0 Å². The summed E-state index contributed by atoms with van der Waals surface area (Å²) >= 11 is 0. The van der Waals surface area contributed by atoms with Gasteiger partial charge in [0.1, 0.15) is 18.3 Å². The SMILES string of the molecule is CCCCc1cc2c(cc1C(C)C)nc1c(=O)[nH]c(=O)nc-1n2CC(O)C(O)C(O)CO. The van der Waals surface area contributed by atoms with Crippen molar-refractivity contribution in [1.82, 2.24) is 19.5 Å². The lowest BCUT2D eigenvalue weighted by atomic mass is 9.93. The number of aromatic nitrogens is 4. The summed E-state index contributed by atoms with van der Waals surface area (Å²) in [6, 6.07) is 3.82. The van der Waals surface area contributed by atoms with Crippen LogP contribution in [0.2, 0.25) is 0 Å². The van der Waals surface area contributed by atoms with Crippen LogP contribution in [0.3, 0.4) is 0 Å². The van der Waals surface area contributed by atoms with Crippen LogP contribution in [0.15, 0.2) is 21.7 Å². The molecular formula is C22H30N4O6. The Bertz CT molecular complexity index is 1170. The van der Waals surface area contributed by atoms with Gasteiger partial charge in [0.15, 0.2) is 11.5 Å². The van der Waals surface area contributed by atoms with Crippen LogP contribution in [0.4, 0.5) is 0 Å². The van der Waals surface area contributed by atoms with E-state index in [1.807, 2.05) is 12.1 Å². The Morgan fingerprint density at radius 2 is 1.81 bits per heavy atom. The molecule has 1 aromatic carbocycles. The van der Waals surface area contributed by atoms with Crippen molar-refractivity contribution in [3.8, 4) is 11.5 Å². The molecule has 2 aliphatic rings. The summed E-state index contributed by atoms with van der Waals surface area (Å²) in [7, 11) is 0. The molecule has 2 heterocycles. The maximum absolute atomic E-state index is 12.4. The summed E-state index contributed by atoms with van der Waals surface area (Å²) in [6.07, 6.45) is -1.90. The third-order valence-corrected chi connectivity index (χ3v) is 5.64. The van der Waals surface area contributed by atoms with E-state index in [4.69, 9.17) is 5.11 Å². The number of aryl methyl sites for hydroxylation is 1. The van der Waals surface area contributed by atoms with Gasteiger partial charge in [-0.15, -0.1) is 0 Å². The minimum Gasteiger partial charge on any atom is -0.394 e. The Balaban J connectivity index is 2.30. The minimum atomic E-state index is -1.64. The van der Waals surface area contributed by atoms with Crippen LogP contribution in [0.1, 0.15) is 50.7 Å². The fourth-order valence-electron chi connectivity index (χ4n) is 3.87. The number of hydrogen-bond acceptors (Lipinski definition) is 8. The normalized spacial score (nSPS) is 14.9. The van der Waals surface area contributed by atoms with Crippen LogP contribution in [0, 0.1) is 0 Å². The molecule has 0 spiro atoms. The van der Waals surface area contributed by atoms with Crippen LogP contribution in [-0.4, -0.2) is 64.9 Å². The lowest BCUT2D eigenvalue weighted by Crippen LogP contribution is -2.42. The van der Waals surface area contributed by atoms with Gasteiger partial charge in [-0.25, -0.2) is 9.78 Å². The van der Waals surface area contributed by atoms with E-state index in [9.17, 15) is 24.9 Å². The third kappa shape index (κ3) is 4.73. The number of unbranched alkanes of at least 4 members (excludes halogenated alkanes) is 1. The molecule has 1 aromatic rings. The van der Waals surface area contributed by atoms with E-state index < -0.39 is 36.2 Å². The first-order valence-electron chi connectivity index (χ1n) is 10.8. The molecule has 2 aliphatic heterocycles. The van der Waals surface area contributed by atoms with Crippen molar-refractivity contribution in [1.29, 1.82) is 0 Å². The van der Waals surface area contributed by atoms with E-state index >= 15 is 0 Å². The van der Waals surface area contributed by atoms with Crippen molar-refractivity contribution in [2.24, 2.45) is 0 Å². The van der Waals surface area contributed by atoms with E-state index in [1.165, 1.54) is 4.57 Å². The smallest absolute Gasteiger partial charge is 0.349 e. The van der Waals surface area contributed by atoms with Gasteiger partial charge in [-0.05, 0) is 42.0 Å². The predicted molar refractivity (Wildman–Crippen MR) is 119 cm³/mol. The maximum Gasteiger partial charge on any atom is 0.349 e. The van der Waals surface area contributed by atoms with Crippen LogP contribution in [-0.2, 0) is 13.0 Å². The lowest BCUT2D eigenvalue weighted by molar-refractivity contribution is -0.0802. The largest absolute Gasteiger partial charge is 0.394 e. The molecule has 0 saturated carbocycles. The Morgan fingerprint density at radius 3 is 2.44 bits per heavy atom. The van der Waals surface area contributed by atoms with Gasteiger partial charge in [0, 0.05) is 0 Å². The van der Waals surface area contributed by atoms with Crippen molar-refractivity contribution >= 4 is 11.0 Å². The fraction of sp³-hybridized carbons (Fsp3) is 0.545. The average molecular weight is 447 g/mol. The number of aliphatic hydroxyl groups is 4. The first kappa shape index (κ1) is 24.0. The van der Waals surface area contributed by atoms with Gasteiger partial charge in [0.05, 0.1) is 24.2 Å². The Hall–Kier alpha value is -2.66. The lowest BCUT2D eigenvalue weighted by Gasteiger charge is -2.25. The highest BCUT2D eigenvalue weighted by molar-refractivity contribution is 5.81. The van der Waals surface area contributed by atoms with Gasteiger partial charge in [-0.3, -0.25) is 9.78 Å². The number of H-pyrrole nitrogens is 1. The summed E-state index contributed by atoms with van der Waals surface area (Å²) in [5, 5.41) is 39.5. The van der Waals surface area contributed by atoms with E-state index in [1.54, 1.807) is 0 Å². The topological polar surface area (TPSA) is 162 Å². The maximum atomic E-state index is 12.4. The molecule has 32 heavy (non-hydrogen) atoms. The zero-order chi connectivity index (χ0) is 23.6. The van der Waals surface area contributed by atoms with E-state index in [0.29, 0.717) is 11.0 Å². The van der Waals surface area contributed by atoms with E-state index in [0.717, 1.165) is 30.4 Å². The Morgan fingerprint density at radius 1 is 1.09 bits per heavy atom. The summed E-state index contributed by atoms with van der Waals surface area (Å²) < 4.78 is 1.46. The molecule has 0 bridgehead atoms. The Kier molecular flexibility index (Phi) is 7.40. The fourth-order valence-corrected chi connectivity index (χ4v) is 3.87. The Labute approximate surface area is 184 Å². The molecule has 3 rings (SSSR count). The molecule has 0 aromatic heterocycles. The number of benzene rings is 1. The first-order valence-corrected chi connectivity index (χ1v) is 10.8. The summed E-state index contributed by atoms with van der Waals surface area (Å²) in [5.41, 5.74) is 1.56. The quantitative estimate of drug-likeness (QED) is 0.290. The molecular weight excluding hydrogens is 416 g/mol. The molecule has 3 unspecified atom stereocenters. The highest BCUT2D eigenvalue weighted by Gasteiger charge is 2.28. The molecule has 174 valence electrons. The number of aliphatic hydroxyl groups excluding tert-OH is 4. The molecule has 0 amide bonds. The van der Waals surface area contributed by atoms with Crippen molar-refractivity contribution in [2.75, 3.05) is 6.61 Å². The highest BCUT2D eigenvalue weighted by atomic mass is 16.4. The highest BCUT2D eigenvalue weighted by Crippen LogP contribution is 2.29. The number of fused-ring (bicyclic) bond motifs is 2. The van der Waals surface area contributed by atoms with E-state index in [-0.39, 0.29) is 24.0 Å². The number of aromatic amines is 1. The monoisotopic (exact) mass is 446 g/mol. The minimum absolute atomic E-state index is 0.0327. The zero-order valence-electron chi connectivity index (χ0n) is 18.4. The van der Waals surface area contributed by atoms with Crippen molar-refractivity contribution < 1.29 is 20.4 Å². The van der Waals surface area contributed by atoms with Crippen LogP contribution < -0.4 is 11.2 Å². The second-order valence-electron chi connectivity index (χ2n) is 8.37. The second-order valence-corrected chi connectivity index (χ2v) is 8.37. The molecule has 10 heteroatoms. The molecule has 3 atom stereocenters. The molecule has 0 radical (unpaired) electrons. The standard InChI is InChI=1S/C22H30N4O6/c1-4-5-6-12-7-15-14(8-13(12)11(2)3)23-18-20(24-22(32)25-21(18)31)26(15)9-16(28)19(30)17(29)10-27/h7-8,11,16-17,19,27-30H,4-6,9-10H2,1-3H3,(H,25,31,32). The average Bonchev–Trinajstić information content (AvgIpc) is 2.76. The van der Waals surface area contributed by atoms with Crippen LogP contribution in [0.25, 0.3) is 22.6 Å². The number of nitrogens with one attached hydrogen (secondary N) is 1. The van der Waals surface area contributed by atoms with Gasteiger partial charge in [-0.2, -0.15) is 4.98 Å². The number of rotatable bonds is 9.